The molecule has 0 aliphatic carbocycles. The number of carbonyl (C=O) groups is 1. The van der Waals surface area contributed by atoms with Crippen LogP contribution >= 0.6 is 0 Å². The molecule has 0 bridgehead atoms. The summed E-state index contributed by atoms with van der Waals surface area (Å²) in [7, 11) is -3.64. The minimum atomic E-state index is -3.64. The van der Waals surface area contributed by atoms with Crippen molar-refractivity contribution in [3.8, 4) is 0 Å². The second-order valence-electron chi connectivity index (χ2n) is 6.41. The van der Waals surface area contributed by atoms with Crippen LogP contribution in [0.15, 0.2) is 53.7 Å². The van der Waals surface area contributed by atoms with Gasteiger partial charge in [-0.25, -0.2) is 13.1 Å². The van der Waals surface area contributed by atoms with Gasteiger partial charge in [0, 0.05) is 30.0 Å². The number of sulfonamides is 1. The molecular weight excluding hydrogens is 326 g/mol. The van der Waals surface area contributed by atoms with Gasteiger partial charge in [0.1, 0.15) is 0 Å². The summed E-state index contributed by atoms with van der Waals surface area (Å²) in [6.45, 7) is 5.82. The molecule has 2 aromatic rings. The summed E-state index contributed by atoms with van der Waals surface area (Å²) < 4.78 is 27.1. The fourth-order valence-corrected chi connectivity index (χ4v) is 2.98. The van der Waals surface area contributed by atoms with E-state index in [0.717, 1.165) is 5.56 Å². The van der Waals surface area contributed by atoms with Crippen molar-refractivity contribution >= 4 is 15.9 Å². The highest BCUT2D eigenvalue weighted by atomic mass is 32.2. The largest absolute Gasteiger partial charge is 0.347 e. The van der Waals surface area contributed by atoms with Crippen LogP contribution < -0.4 is 10.0 Å². The number of rotatable bonds is 5. The van der Waals surface area contributed by atoms with E-state index < -0.39 is 10.0 Å². The fourth-order valence-electron chi connectivity index (χ4n) is 1.96. The van der Waals surface area contributed by atoms with Crippen molar-refractivity contribution in [3.05, 3.63) is 59.9 Å². The summed E-state index contributed by atoms with van der Waals surface area (Å²) in [4.78, 5) is 16.0. The Bertz CT molecular complexity index is 795. The first-order valence-corrected chi connectivity index (χ1v) is 8.97. The van der Waals surface area contributed by atoms with Gasteiger partial charge in [0.15, 0.2) is 0 Å². The Labute approximate surface area is 142 Å². The molecule has 24 heavy (non-hydrogen) atoms. The number of carbonyl (C=O) groups excluding carboxylic acids is 1. The van der Waals surface area contributed by atoms with Gasteiger partial charge in [0.05, 0.1) is 4.90 Å². The zero-order valence-corrected chi connectivity index (χ0v) is 14.7. The highest BCUT2D eigenvalue weighted by molar-refractivity contribution is 7.89. The van der Waals surface area contributed by atoms with Crippen LogP contribution in [0.1, 0.15) is 36.7 Å². The lowest BCUT2D eigenvalue weighted by Crippen LogP contribution is -2.40. The van der Waals surface area contributed by atoms with E-state index in [1.54, 1.807) is 24.5 Å². The van der Waals surface area contributed by atoms with Crippen molar-refractivity contribution in [3.63, 3.8) is 0 Å². The average molecular weight is 347 g/mol. The minimum absolute atomic E-state index is 0.115. The van der Waals surface area contributed by atoms with E-state index in [9.17, 15) is 13.2 Å². The molecule has 0 aliphatic rings. The standard InChI is InChI=1S/C17H21N3O3S/c1-17(2,3)20-16(21)14-4-6-15(7-5-14)24(22,23)19-12-13-8-10-18-11-9-13/h4-11,19H,12H2,1-3H3,(H,20,21). The summed E-state index contributed by atoms with van der Waals surface area (Å²) >= 11 is 0. The summed E-state index contributed by atoms with van der Waals surface area (Å²) in [6.07, 6.45) is 3.21. The highest BCUT2D eigenvalue weighted by Crippen LogP contribution is 2.12. The third-order valence-corrected chi connectivity index (χ3v) is 4.55. The van der Waals surface area contributed by atoms with Crippen molar-refractivity contribution in [1.29, 1.82) is 0 Å². The van der Waals surface area contributed by atoms with Crippen molar-refractivity contribution in [2.45, 2.75) is 37.8 Å². The van der Waals surface area contributed by atoms with Gasteiger partial charge in [-0.2, -0.15) is 0 Å². The van der Waals surface area contributed by atoms with Gasteiger partial charge in [-0.1, -0.05) is 0 Å². The first kappa shape index (κ1) is 18.1. The lowest BCUT2D eigenvalue weighted by Gasteiger charge is -2.20. The highest BCUT2D eigenvalue weighted by Gasteiger charge is 2.17. The third kappa shape index (κ3) is 5.14. The number of hydrogen-bond acceptors (Lipinski definition) is 4. The fraction of sp³-hybridized carbons (Fsp3) is 0.294. The zero-order chi connectivity index (χ0) is 17.8. The van der Waals surface area contributed by atoms with Gasteiger partial charge in [-0.3, -0.25) is 9.78 Å². The number of amides is 1. The van der Waals surface area contributed by atoms with Gasteiger partial charge in [0.25, 0.3) is 5.91 Å². The molecule has 0 saturated heterocycles. The maximum atomic E-state index is 12.3. The quantitative estimate of drug-likeness (QED) is 0.867. The minimum Gasteiger partial charge on any atom is -0.347 e. The van der Waals surface area contributed by atoms with Gasteiger partial charge in [0.2, 0.25) is 10.0 Å². The molecule has 0 unspecified atom stereocenters. The number of hydrogen-bond donors (Lipinski definition) is 2. The molecule has 0 radical (unpaired) electrons. The first-order valence-electron chi connectivity index (χ1n) is 7.48. The molecule has 0 spiro atoms. The second kappa shape index (κ2) is 7.11. The summed E-state index contributed by atoms with van der Waals surface area (Å²) in [6, 6.07) is 9.33. The topological polar surface area (TPSA) is 88.2 Å². The summed E-state index contributed by atoms with van der Waals surface area (Å²) in [5.74, 6) is -0.240. The number of nitrogens with zero attached hydrogens (tertiary/aromatic N) is 1. The molecule has 0 saturated carbocycles. The predicted molar refractivity (Wildman–Crippen MR) is 91.9 cm³/mol. The molecular formula is C17H21N3O3S. The predicted octanol–water partition coefficient (Wildman–Crippen LogP) is 2.09. The van der Waals surface area contributed by atoms with Crippen molar-refractivity contribution in [1.82, 2.24) is 15.0 Å². The molecule has 2 N–H and O–H groups in total. The Morgan fingerprint density at radius 1 is 1.04 bits per heavy atom. The van der Waals surface area contributed by atoms with E-state index >= 15 is 0 Å². The smallest absolute Gasteiger partial charge is 0.251 e. The van der Waals surface area contributed by atoms with E-state index in [1.807, 2.05) is 20.8 Å². The Hall–Kier alpha value is -2.25. The SMILES string of the molecule is CC(C)(C)NC(=O)c1ccc(S(=O)(=O)NCc2ccncc2)cc1. The Kier molecular flexibility index (Phi) is 5.36. The summed E-state index contributed by atoms with van der Waals surface area (Å²) in [5.41, 5.74) is 0.876. The van der Waals surface area contributed by atoms with Crippen LogP contribution in [0.25, 0.3) is 0 Å². The van der Waals surface area contributed by atoms with Crippen molar-refractivity contribution < 1.29 is 13.2 Å². The molecule has 0 atom stereocenters. The molecule has 0 fully saturated rings. The van der Waals surface area contributed by atoms with Gasteiger partial charge < -0.3 is 5.32 Å². The molecule has 1 heterocycles. The lowest BCUT2D eigenvalue weighted by molar-refractivity contribution is 0.0919. The monoisotopic (exact) mass is 347 g/mol. The molecule has 1 aromatic heterocycles. The second-order valence-corrected chi connectivity index (χ2v) is 8.18. The van der Waals surface area contributed by atoms with Crippen molar-refractivity contribution in [2.75, 3.05) is 0 Å². The lowest BCUT2D eigenvalue weighted by atomic mass is 10.1. The maximum absolute atomic E-state index is 12.3. The third-order valence-electron chi connectivity index (χ3n) is 3.13. The van der Waals surface area contributed by atoms with Crippen molar-refractivity contribution in [2.24, 2.45) is 0 Å². The molecule has 6 nitrogen and oxygen atoms in total. The van der Waals surface area contributed by atoms with E-state index in [-0.39, 0.29) is 22.9 Å². The van der Waals surface area contributed by atoms with Crippen LogP contribution in [0.4, 0.5) is 0 Å². The molecule has 1 amide bonds. The van der Waals surface area contributed by atoms with Gasteiger partial charge in [-0.05, 0) is 62.7 Å². The Morgan fingerprint density at radius 3 is 2.17 bits per heavy atom. The van der Waals surface area contributed by atoms with E-state index in [1.165, 1.54) is 24.3 Å². The molecule has 2 rings (SSSR count). The van der Waals surface area contributed by atoms with Crippen LogP contribution in [0.5, 0.6) is 0 Å². The normalized spacial score (nSPS) is 12.0. The molecule has 128 valence electrons. The molecule has 0 aliphatic heterocycles. The average Bonchev–Trinajstić information content (AvgIpc) is 2.53. The Balaban J connectivity index is 2.07. The van der Waals surface area contributed by atoms with Crippen LogP contribution in [0.2, 0.25) is 0 Å². The number of nitrogens with one attached hydrogen (secondary N) is 2. The van der Waals surface area contributed by atoms with Crippen LogP contribution in [0.3, 0.4) is 0 Å². The number of pyridine rings is 1. The number of aromatic nitrogens is 1. The van der Waals surface area contributed by atoms with Gasteiger partial charge >= 0.3 is 0 Å². The van der Waals surface area contributed by atoms with Gasteiger partial charge in [-0.15, -0.1) is 0 Å². The van der Waals surface area contributed by atoms with Crippen LogP contribution in [0, 0.1) is 0 Å². The van der Waals surface area contributed by atoms with E-state index in [4.69, 9.17) is 0 Å². The van der Waals surface area contributed by atoms with E-state index in [0.29, 0.717) is 5.56 Å². The van der Waals surface area contributed by atoms with E-state index in [2.05, 4.69) is 15.0 Å². The first-order chi connectivity index (χ1) is 11.2. The summed E-state index contributed by atoms with van der Waals surface area (Å²) in [5, 5.41) is 2.83. The maximum Gasteiger partial charge on any atom is 0.251 e. The van der Waals surface area contributed by atoms with Crippen LogP contribution in [-0.2, 0) is 16.6 Å². The Morgan fingerprint density at radius 2 is 1.62 bits per heavy atom. The van der Waals surface area contributed by atoms with Crippen LogP contribution in [-0.4, -0.2) is 24.8 Å². The molecule has 7 heteroatoms. The zero-order valence-electron chi connectivity index (χ0n) is 13.9. The number of benzene rings is 1. The molecule has 1 aromatic carbocycles.